The van der Waals surface area contributed by atoms with E-state index in [-0.39, 0.29) is 5.91 Å². The molecule has 1 fully saturated rings. The first-order valence-corrected chi connectivity index (χ1v) is 11.2. The lowest BCUT2D eigenvalue weighted by Gasteiger charge is -2.35. The van der Waals surface area contributed by atoms with Crippen LogP contribution < -0.4 is 5.32 Å². The number of nitrogens with one attached hydrogen (secondary N) is 1. The molecule has 2 aliphatic rings. The minimum atomic E-state index is -0.489. The van der Waals surface area contributed by atoms with Crippen molar-refractivity contribution in [3.8, 4) is 0 Å². The van der Waals surface area contributed by atoms with E-state index in [9.17, 15) is 9.59 Å². The number of imide groups is 1. The number of amidine groups is 1. The molecule has 2 heterocycles. The number of unbranched alkanes of at least 4 members (excludes halogenated alkanes) is 6. The van der Waals surface area contributed by atoms with Crippen LogP contribution in [0.5, 0.6) is 0 Å². The van der Waals surface area contributed by atoms with E-state index in [1.807, 2.05) is 17.9 Å². The van der Waals surface area contributed by atoms with Gasteiger partial charge < -0.3 is 9.80 Å². The van der Waals surface area contributed by atoms with E-state index < -0.39 is 18.2 Å². The van der Waals surface area contributed by atoms with Crippen molar-refractivity contribution in [2.75, 3.05) is 19.3 Å². The monoisotopic (exact) mass is 414 g/mol. The lowest BCUT2D eigenvalue weighted by Crippen LogP contribution is -2.63. The molecule has 0 aromatic heterocycles. The molecule has 0 aromatic rings. The van der Waals surface area contributed by atoms with E-state index in [2.05, 4.69) is 17.2 Å². The maximum absolute atomic E-state index is 12.4. The zero-order valence-electron chi connectivity index (χ0n) is 16.5. The van der Waals surface area contributed by atoms with Crippen LogP contribution >= 0.6 is 23.4 Å². The molecule has 0 bridgehead atoms. The van der Waals surface area contributed by atoms with Gasteiger partial charge in [-0.3, -0.25) is 10.1 Å². The van der Waals surface area contributed by atoms with Crippen molar-refractivity contribution >= 4 is 40.5 Å². The number of allylic oxidation sites excluding steroid dienone is 1. The number of halogens is 1. The van der Waals surface area contributed by atoms with Gasteiger partial charge in [-0.15, -0.1) is 0 Å². The van der Waals surface area contributed by atoms with Crippen LogP contribution in [0.1, 0.15) is 58.8 Å². The van der Waals surface area contributed by atoms with Crippen LogP contribution in [0.2, 0.25) is 0 Å². The second-order valence-corrected chi connectivity index (χ2v) is 8.75. The fraction of sp³-hybridized carbons (Fsp3) is 0.737. The summed E-state index contributed by atoms with van der Waals surface area (Å²) < 4.78 is 0. The minimum Gasteiger partial charge on any atom is -0.332 e. The first kappa shape index (κ1) is 22.1. The number of hydrogen-bond donors (Lipinski definition) is 1. The highest BCUT2D eigenvalue weighted by molar-refractivity contribution is 8.13. The van der Waals surface area contributed by atoms with Gasteiger partial charge in [-0.2, -0.15) is 0 Å². The number of carbonyl (C=O) groups excluding carboxylic acids is 2. The third kappa shape index (κ3) is 6.14. The quantitative estimate of drug-likeness (QED) is 0.545. The van der Waals surface area contributed by atoms with Crippen LogP contribution in [0.3, 0.4) is 0 Å². The van der Waals surface area contributed by atoms with Crippen LogP contribution in [-0.2, 0) is 4.79 Å². The van der Waals surface area contributed by atoms with E-state index in [1.54, 1.807) is 18.8 Å². The average Bonchev–Trinajstić information content (AvgIpc) is 2.99. The standard InChI is InChI=1S/C19H31ClN4O2S/c1-4-5-6-7-8-9-10-13-27-19-21-16-15(24(19)12-11-14(2)20)17(25)22-18(26)23(16)3/h11,15-16H,4-10,12-13H2,1-3H3,(H,22,25,26)/b14-11+. The Hall–Kier alpha value is -1.21. The number of thioether (sulfide) groups is 1. The molecule has 152 valence electrons. The fourth-order valence-electron chi connectivity index (χ4n) is 3.26. The summed E-state index contributed by atoms with van der Waals surface area (Å²) in [5, 5.41) is 3.91. The Morgan fingerprint density at radius 2 is 1.89 bits per heavy atom. The highest BCUT2D eigenvalue weighted by Crippen LogP contribution is 2.29. The van der Waals surface area contributed by atoms with E-state index in [0.29, 0.717) is 11.6 Å². The van der Waals surface area contributed by atoms with Crippen LogP contribution in [0.4, 0.5) is 4.79 Å². The topological polar surface area (TPSA) is 65.0 Å². The molecule has 8 heteroatoms. The molecule has 2 unspecified atom stereocenters. The lowest BCUT2D eigenvalue weighted by molar-refractivity contribution is -0.126. The van der Waals surface area contributed by atoms with E-state index in [0.717, 1.165) is 17.3 Å². The normalized spacial score (nSPS) is 22.8. The third-order valence-corrected chi connectivity index (χ3v) is 6.12. The highest BCUT2D eigenvalue weighted by atomic mass is 35.5. The number of rotatable bonds is 10. The summed E-state index contributed by atoms with van der Waals surface area (Å²) in [6, 6.07) is -0.885. The molecule has 27 heavy (non-hydrogen) atoms. The minimum absolute atomic E-state index is 0.293. The van der Waals surface area contributed by atoms with E-state index in [4.69, 9.17) is 11.6 Å². The van der Waals surface area contributed by atoms with Crippen molar-refractivity contribution in [2.24, 2.45) is 4.99 Å². The summed E-state index contributed by atoms with van der Waals surface area (Å²) in [6.07, 6.45) is 10.3. The number of carbonyl (C=O) groups is 2. The van der Waals surface area contributed by atoms with Gasteiger partial charge in [0.15, 0.2) is 17.4 Å². The molecule has 2 aliphatic heterocycles. The smallest absolute Gasteiger partial charge is 0.325 e. The molecule has 2 rings (SSSR count). The van der Waals surface area contributed by atoms with Gasteiger partial charge in [0.25, 0.3) is 5.91 Å². The number of amides is 3. The Morgan fingerprint density at radius 1 is 1.22 bits per heavy atom. The Kier molecular flexibility index (Phi) is 8.96. The van der Waals surface area contributed by atoms with Crippen molar-refractivity contribution in [1.29, 1.82) is 0 Å². The van der Waals surface area contributed by atoms with Crippen molar-refractivity contribution in [1.82, 2.24) is 15.1 Å². The molecule has 0 radical (unpaired) electrons. The molecule has 6 nitrogen and oxygen atoms in total. The molecular weight excluding hydrogens is 384 g/mol. The lowest BCUT2D eigenvalue weighted by atomic mass is 10.1. The van der Waals surface area contributed by atoms with Crippen LogP contribution in [-0.4, -0.2) is 58.5 Å². The molecule has 0 spiro atoms. The zero-order valence-corrected chi connectivity index (χ0v) is 18.1. The largest absolute Gasteiger partial charge is 0.332 e. The van der Waals surface area contributed by atoms with Gasteiger partial charge in [-0.1, -0.05) is 74.9 Å². The predicted octanol–water partition coefficient (Wildman–Crippen LogP) is 4.16. The number of fused-ring (bicyclic) bond motifs is 1. The van der Waals surface area contributed by atoms with E-state index >= 15 is 0 Å². The predicted molar refractivity (Wildman–Crippen MR) is 113 cm³/mol. The van der Waals surface area contributed by atoms with Gasteiger partial charge >= 0.3 is 6.03 Å². The number of hydrogen-bond acceptors (Lipinski definition) is 5. The molecule has 0 aromatic carbocycles. The van der Waals surface area contributed by atoms with Crippen molar-refractivity contribution in [2.45, 2.75) is 71.0 Å². The van der Waals surface area contributed by atoms with Crippen molar-refractivity contribution in [3.05, 3.63) is 11.1 Å². The van der Waals surface area contributed by atoms with Crippen LogP contribution in [0, 0.1) is 0 Å². The van der Waals surface area contributed by atoms with Gasteiger partial charge in [0, 0.05) is 24.4 Å². The zero-order chi connectivity index (χ0) is 19.8. The average molecular weight is 415 g/mol. The highest BCUT2D eigenvalue weighted by Gasteiger charge is 2.48. The second-order valence-electron chi connectivity index (χ2n) is 7.09. The fourth-order valence-corrected chi connectivity index (χ4v) is 4.40. The summed E-state index contributed by atoms with van der Waals surface area (Å²) in [6.45, 7) is 4.55. The summed E-state index contributed by atoms with van der Waals surface area (Å²) in [5.41, 5.74) is 0. The second kappa shape index (κ2) is 11.0. The molecule has 0 saturated carbocycles. The number of nitrogens with zero attached hydrogens (tertiary/aromatic N) is 3. The van der Waals surface area contributed by atoms with Gasteiger partial charge in [-0.25, -0.2) is 9.79 Å². The first-order chi connectivity index (χ1) is 13.0. The molecule has 1 saturated heterocycles. The molecular formula is C19H31ClN4O2S. The Morgan fingerprint density at radius 3 is 2.56 bits per heavy atom. The van der Waals surface area contributed by atoms with Crippen molar-refractivity contribution < 1.29 is 9.59 Å². The summed E-state index contributed by atoms with van der Waals surface area (Å²) >= 11 is 7.66. The number of likely N-dealkylation sites (N-methyl/N-ethyl adjacent to an activating group) is 1. The molecule has 3 amide bonds. The number of urea groups is 1. The van der Waals surface area contributed by atoms with Crippen LogP contribution in [0.25, 0.3) is 0 Å². The van der Waals surface area contributed by atoms with Gasteiger partial charge in [0.1, 0.15) is 0 Å². The summed E-state index contributed by atoms with van der Waals surface area (Å²) in [7, 11) is 1.67. The summed E-state index contributed by atoms with van der Waals surface area (Å²) in [5.74, 6) is 0.671. The summed E-state index contributed by atoms with van der Waals surface area (Å²) in [4.78, 5) is 32.4. The van der Waals surface area contributed by atoms with Crippen molar-refractivity contribution in [3.63, 3.8) is 0 Å². The van der Waals surface area contributed by atoms with Gasteiger partial charge in [-0.05, 0) is 13.3 Å². The maximum atomic E-state index is 12.4. The Bertz CT molecular complexity index is 592. The van der Waals surface area contributed by atoms with Gasteiger partial charge in [0.2, 0.25) is 0 Å². The molecule has 1 N–H and O–H groups in total. The SMILES string of the molecule is CCCCCCCCCSC1=NC2C(C(=O)NC(=O)N2C)N1C/C=C(\C)Cl. The molecule has 0 aliphatic carbocycles. The maximum Gasteiger partial charge on any atom is 0.325 e. The number of aliphatic imine (C=N–C) groups is 1. The Balaban J connectivity index is 1.92. The molecule has 2 atom stereocenters. The first-order valence-electron chi connectivity index (χ1n) is 9.82. The van der Waals surface area contributed by atoms with Crippen LogP contribution in [0.15, 0.2) is 16.1 Å². The Labute approximate surface area is 171 Å². The third-order valence-electron chi connectivity index (χ3n) is 4.87. The van der Waals surface area contributed by atoms with Gasteiger partial charge in [0.05, 0.1) is 0 Å². The van der Waals surface area contributed by atoms with E-state index in [1.165, 1.54) is 43.4 Å².